The lowest BCUT2D eigenvalue weighted by Crippen LogP contribution is -2.51. The number of hydrogen-bond donors (Lipinski definition) is 0. The molecule has 0 N–H and O–H groups in total. The highest BCUT2D eigenvalue weighted by Gasteiger charge is 2.55. The van der Waals surface area contributed by atoms with E-state index in [4.69, 9.17) is 9.47 Å². The fourth-order valence-electron chi connectivity index (χ4n) is 1.28. The number of ether oxygens (including phenoxy) is 2. The van der Waals surface area contributed by atoms with Crippen LogP contribution >= 0.6 is 0 Å². The molecule has 0 aromatic heterocycles. The highest BCUT2D eigenvalue weighted by molar-refractivity contribution is 4.65. The van der Waals surface area contributed by atoms with Crippen molar-refractivity contribution in [2.24, 2.45) is 0 Å². The second-order valence-corrected chi connectivity index (χ2v) is 4.77. The predicted molar refractivity (Wildman–Crippen MR) is 70.8 cm³/mol. The van der Waals surface area contributed by atoms with E-state index in [0.29, 0.717) is 6.92 Å². The zero-order valence-corrected chi connectivity index (χ0v) is 12.6. The Hall–Kier alpha value is -2.48. The van der Waals surface area contributed by atoms with Crippen LogP contribution in [0.3, 0.4) is 0 Å². The first kappa shape index (κ1) is 20.5. The van der Waals surface area contributed by atoms with Crippen molar-refractivity contribution in [2.45, 2.75) is 44.8 Å². The van der Waals surface area contributed by atoms with Crippen LogP contribution in [0.4, 0.5) is 0 Å². The Morgan fingerprint density at radius 3 is 1.57 bits per heavy atom. The average molecular weight is 340 g/mol. The molecule has 0 aromatic carbocycles. The second kappa shape index (κ2) is 7.68. The van der Waals surface area contributed by atoms with Gasteiger partial charge >= 0.3 is 11.3 Å². The van der Waals surface area contributed by atoms with E-state index in [9.17, 15) is 40.5 Å². The van der Waals surface area contributed by atoms with Gasteiger partial charge in [-0.15, -0.1) is 0 Å². The number of nitro groups is 4. The third kappa shape index (κ3) is 4.49. The molecule has 0 aliphatic rings. The molecule has 0 amide bonds. The summed E-state index contributed by atoms with van der Waals surface area (Å²) in [4.78, 5) is 38.5. The Kier molecular flexibility index (Phi) is 6.85. The Bertz CT molecular complexity index is 467. The normalized spacial score (nSPS) is 13.3. The Morgan fingerprint density at radius 2 is 1.26 bits per heavy atom. The van der Waals surface area contributed by atoms with Crippen molar-refractivity contribution in [3.05, 3.63) is 40.5 Å². The summed E-state index contributed by atoms with van der Waals surface area (Å²) < 4.78 is 9.60. The molecule has 14 nitrogen and oxygen atoms in total. The molecule has 0 bridgehead atoms. The van der Waals surface area contributed by atoms with E-state index >= 15 is 0 Å². The molecular weight excluding hydrogens is 324 g/mol. The Labute approximate surface area is 128 Å². The number of hydrogen-bond acceptors (Lipinski definition) is 10. The summed E-state index contributed by atoms with van der Waals surface area (Å²) in [6.07, 6.45) is -1.83. The van der Waals surface area contributed by atoms with Gasteiger partial charge in [-0.1, -0.05) is 6.92 Å². The average Bonchev–Trinajstić information content (AvgIpc) is 2.44. The molecule has 0 aliphatic carbocycles. The second-order valence-electron chi connectivity index (χ2n) is 4.77. The van der Waals surface area contributed by atoms with Crippen molar-refractivity contribution in [1.82, 2.24) is 0 Å². The maximum absolute atomic E-state index is 10.9. The van der Waals surface area contributed by atoms with Crippen LogP contribution in [0, 0.1) is 40.5 Å². The monoisotopic (exact) mass is 340 g/mol. The van der Waals surface area contributed by atoms with Gasteiger partial charge in [0.05, 0.1) is 13.3 Å². The highest BCUT2D eigenvalue weighted by atomic mass is 16.7. The molecular formula is C9H16N4O10. The molecule has 0 saturated heterocycles. The quantitative estimate of drug-likeness (QED) is 0.287. The van der Waals surface area contributed by atoms with Crippen molar-refractivity contribution >= 4 is 0 Å². The first-order valence-corrected chi connectivity index (χ1v) is 6.25. The molecule has 0 aromatic rings. The van der Waals surface area contributed by atoms with E-state index in [2.05, 4.69) is 0 Å². The van der Waals surface area contributed by atoms with E-state index in [0.717, 1.165) is 6.92 Å². The fraction of sp³-hybridized carbons (Fsp3) is 1.00. The van der Waals surface area contributed by atoms with Gasteiger partial charge in [0.2, 0.25) is 0 Å². The molecule has 23 heavy (non-hydrogen) atoms. The van der Waals surface area contributed by atoms with Crippen molar-refractivity contribution in [2.75, 3.05) is 13.2 Å². The zero-order valence-electron chi connectivity index (χ0n) is 12.6. The van der Waals surface area contributed by atoms with Gasteiger partial charge in [0.25, 0.3) is 0 Å². The SMILES string of the molecule is CCC(COC(C)OCC(C)([N+](=O)[O-])[N+](=O)[O-])([N+](=O)[O-])[N+](=O)[O-]. The van der Waals surface area contributed by atoms with E-state index < -0.39 is 56.9 Å². The van der Waals surface area contributed by atoms with Gasteiger partial charge in [0, 0.05) is 0 Å². The summed E-state index contributed by atoms with van der Waals surface area (Å²) in [5.74, 6) is 0. The first-order chi connectivity index (χ1) is 10.4. The van der Waals surface area contributed by atoms with Crippen LogP contribution in [0.25, 0.3) is 0 Å². The van der Waals surface area contributed by atoms with Gasteiger partial charge in [-0.3, -0.25) is 40.5 Å². The van der Waals surface area contributed by atoms with Crippen molar-refractivity contribution < 1.29 is 29.2 Å². The van der Waals surface area contributed by atoms with E-state index in [1.54, 1.807) is 0 Å². The van der Waals surface area contributed by atoms with Crippen molar-refractivity contribution in [1.29, 1.82) is 0 Å². The summed E-state index contributed by atoms with van der Waals surface area (Å²) in [5.41, 5.74) is -5.22. The summed E-state index contributed by atoms with van der Waals surface area (Å²) in [5, 5.41) is 43.1. The van der Waals surface area contributed by atoms with Gasteiger partial charge < -0.3 is 9.47 Å². The lowest BCUT2D eigenvalue weighted by atomic mass is 10.1. The molecule has 0 fully saturated rings. The van der Waals surface area contributed by atoms with Crippen LogP contribution < -0.4 is 0 Å². The zero-order chi connectivity index (χ0) is 18.4. The topological polar surface area (TPSA) is 191 Å². The summed E-state index contributed by atoms with van der Waals surface area (Å²) in [6, 6.07) is 0. The number of nitrogens with zero attached hydrogens (tertiary/aromatic N) is 4. The summed E-state index contributed by atoms with van der Waals surface area (Å²) in [6.45, 7) is 1.14. The summed E-state index contributed by atoms with van der Waals surface area (Å²) in [7, 11) is 0. The molecule has 0 rings (SSSR count). The predicted octanol–water partition coefficient (Wildman–Crippen LogP) is 0.295. The smallest absolute Gasteiger partial charge is 0.337 e. The molecule has 1 atom stereocenters. The third-order valence-electron chi connectivity index (χ3n) is 3.17. The van der Waals surface area contributed by atoms with Crippen molar-refractivity contribution in [3.63, 3.8) is 0 Å². The van der Waals surface area contributed by atoms with E-state index in [-0.39, 0.29) is 0 Å². The molecule has 0 saturated carbocycles. The minimum atomic E-state index is -2.63. The largest absolute Gasteiger partial charge is 0.480 e. The van der Waals surface area contributed by atoms with Crippen LogP contribution in [0.2, 0.25) is 0 Å². The fourth-order valence-corrected chi connectivity index (χ4v) is 1.28. The molecule has 0 aliphatic heterocycles. The summed E-state index contributed by atoms with van der Waals surface area (Å²) >= 11 is 0. The van der Waals surface area contributed by atoms with Crippen LogP contribution in [-0.4, -0.2) is 50.5 Å². The molecule has 0 heterocycles. The van der Waals surface area contributed by atoms with Crippen LogP contribution in [0.15, 0.2) is 0 Å². The maximum Gasteiger partial charge on any atom is 0.480 e. The Morgan fingerprint density at radius 1 is 0.870 bits per heavy atom. The number of rotatable bonds is 11. The van der Waals surface area contributed by atoms with Crippen LogP contribution in [-0.2, 0) is 9.47 Å². The maximum atomic E-state index is 10.9. The van der Waals surface area contributed by atoms with Gasteiger partial charge in [-0.2, -0.15) is 0 Å². The lowest BCUT2D eigenvalue weighted by molar-refractivity contribution is -0.801. The molecule has 0 radical (unpaired) electrons. The van der Waals surface area contributed by atoms with Crippen LogP contribution in [0.1, 0.15) is 27.2 Å². The van der Waals surface area contributed by atoms with E-state index in [1.165, 1.54) is 6.92 Å². The van der Waals surface area contributed by atoms with E-state index in [1.807, 2.05) is 0 Å². The van der Waals surface area contributed by atoms with Crippen molar-refractivity contribution in [3.8, 4) is 0 Å². The molecule has 132 valence electrons. The van der Waals surface area contributed by atoms with Gasteiger partial charge in [-0.05, 0) is 6.92 Å². The van der Waals surface area contributed by atoms with Crippen LogP contribution in [0.5, 0.6) is 0 Å². The first-order valence-electron chi connectivity index (χ1n) is 6.25. The minimum Gasteiger partial charge on any atom is -0.337 e. The molecule has 14 heteroatoms. The molecule has 1 unspecified atom stereocenters. The standard InChI is InChI=1S/C9H16N4O10/c1-4-9(12(18)19,13(20)21)6-23-7(2)22-5-8(3,10(14)15)11(16)17/h7H,4-6H2,1-3H3. The Balaban J connectivity index is 4.82. The van der Waals surface area contributed by atoms with Gasteiger partial charge in [0.1, 0.15) is 19.7 Å². The molecule has 0 spiro atoms. The third-order valence-corrected chi connectivity index (χ3v) is 3.17. The lowest BCUT2D eigenvalue weighted by Gasteiger charge is -2.20. The van der Waals surface area contributed by atoms with Gasteiger partial charge in [-0.25, -0.2) is 0 Å². The minimum absolute atomic E-state index is 0.471. The highest BCUT2D eigenvalue weighted by Crippen LogP contribution is 2.18. The van der Waals surface area contributed by atoms with Gasteiger partial charge in [0.15, 0.2) is 19.5 Å².